The Balaban J connectivity index is 1.33. The first-order valence-electron chi connectivity index (χ1n) is 20.1. The molecule has 48 heavy (non-hydrogen) atoms. The molecule has 8 unspecified atom stereocenters. The zero-order valence-corrected chi connectivity index (χ0v) is 31.9. The Morgan fingerprint density at radius 3 is 2.33 bits per heavy atom. The van der Waals surface area contributed by atoms with Crippen molar-refractivity contribution < 1.29 is 4.79 Å². The van der Waals surface area contributed by atoms with Gasteiger partial charge >= 0.3 is 0 Å². The molecule has 0 spiro atoms. The number of nitrogens with one attached hydrogen (secondary N) is 4. The van der Waals surface area contributed by atoms with E-state index in [1.807, 2.05) is 13.1 Å². The topological polar surface area (TPSA) is 119 Å². The van der Waals surface area contributed by atoms with Gasteiger partial charge in [-0.25, -0.2) is 0 Å². The summed E-state index contributed by atoms with van der Waals surface area (Å²) in [4.78, 5) is 22.1. The Hall–Kier alpha value is -1.22. The van der Waals surface area contributed by atoms with Crippen molar-refractivity contribution in [1.29, 1.82) is 5.41 Å². The molecule has 1 amide bonds. The maximum Gasteiger partial charge on any atom is 0.233 e. The van der Waals surface area contributed by atoms with E-state index in [-0.39, 0.29) is 23.2 Å². The molecule has 2 saturated heterocycles. The van der Waals surface area contributed by atoms with Gasteiger partial charge in [-0.15, -0.1) is 11.6 Å². The van der Waals surface area contributed by atoms with E-state index in [2.05, 4.69) is 48.5 Å². The van der Waals surface area contributed by atoms with Gasteiger partial charge in [0.25, 0.3) is 0 Å². The van der Waals surface area contributed by atoms with Gasteiger partial charge in [0, 0.05) is 31.9 Å². The van der Waals surface area contributed by atoms with Gasteiger partial charge in [-0.1, -0.05) is 72.6 Å². The van der Waals surface area contributed by atoms with Crippen molar-refractivity contribution in [2.45, 2.75) is 167 Å². The number of nitrogens with zero attached hydrogens (tertiary/aromatic N) is 2. The molecule has 3 aliphatic carbocycles. The summed E-state index contributed by atoms with van der Waals surface area (Å²) in [5.41, 5.74) is 6.59. The Bertz CT molecular complexity index is 1100. The lowest BCUT2D eigenvalue weighted by Gasteiger charge is -2.54. The van der Waals surface area contributed by atoms with Crippen LogP contribution in [0.2, 0.25) is 0 Å². The van der Waals surface area contributed by atoms with E-state index >= 15 is 0 Å². The minimum absolute atomic E-state index is 0.112. The number of halogens is 1. The number of hydrogen-bond donors (Lipinski definition) is 5. The molecule has 0 bridgehead atoms. The largest absolute Gasteiger partial charge is 0.387 e. The van der Waals surface area contributed by atoms with Gasteiger partial charge in [0.15, 0.2) is 0 Å². The van der Waals surface area contributed by atoms with Crippen molar-refractivity contribution in [3.05, 3.63) is 0 Å². The second-order valence-corrected chi connectivity index (χ2v) is 17.2. The molecule has 9 heteroatoms. The highest BCUT2D eigenvalue weighted by Gasteiger charge is 2.68. The van der Waals surface area contributed by atoms with Crippen LogP contribution < -0.4 is 21.7 Å². The molecule has 5 aliphatic rings. The molecule has 2 aliphatic heterocycles. The fraction of sp³-hybridized carbons (Fsp3) is 0.923. The summed E-state index contributed by atoms with van der Waals surface area (Å²) in [6.07, 6.45) is 21.5. The van der Waals surface area contributed by atoms with Crippen LogP contribution in [-0.2, 0) is 4.79 Å². The molecule has 3 saturated carbocycles. The zero-order valence-electron chi connectivity index (χ0n) is 31.1. The second-order valence-electron chi connectivity index (χ2n) is 16.6. The standard InChI is InChI=1S/C39H70ClN7O/c1-6-19-37(25-38(37,9-4)29-14-10-11-15-29)23-31(40)24-45-27(5)33(34(41)42)36(48)46-39(30-16-12-13-17-30)26-43-20-18-32(39)47-22-21-44-35(47)28(7-2)8-3/h24,27-33,35,43-44H,6-23,25-26H2,1-5H3,(H3,41,42)(H,46,48)/b45-24-. The van der Waals surface area contributed by atoms with Gasteiger partial charge < -0.3 is 21.7 Å². The van der Waals surface area contributed by atoms with Gasteiger partial charge in [-0.2, -0.15) is 0 Å². The van der Waals surface area contributed by atoms with Crippen LogP contribution >= 0.6 is 11.6 Å². The highest BCUT2D eigenvalue weighted by atomic mass is 35.5. The predicted molar refractivity (Wildman–Crippen MR) is 201 cm³/mol. The normalized spacial score (nSPS) is 35.4. The van der Waals surface area contributed by atoms with E-state index in [0.717, 1.165) is 70.6 Å². The third-order valence-corrected chi connectivity index (χ3v) is 14.5. The van der Waals surface area contributed by atoms with Crippen LogP contribution in [0.4, 0.5) is 0 Å². The number of amides is 1. The van der Waals surface area contributed by atoms with Gasteiger partial charge in [0.05, 0.1) is 23.1 Å². The first-order valence-corrected chi connectivity index (χ1v) is 20.6. The number of nitrogens with two attached hydrogens (primary N) is 1. The van der Waals surface area contributed by atoms with Crippen LogP contribution in [0.5, 0.6) is 0 Å². The van der Waals surface area contributed by atoms with Crippen molar-refractivity contribution in [2.24, 2.45) is 45.2 Å². The number of carbonyl (C=O) groups excluding carboxylic acids is 1. The van der Waals surface area contributed by atoms with Crippen molar-refractivity contribution in [2.75, 3.05) is 26.2 Å². The lowest BCUT2D eigenvalue weighted by Crippen LogP contribution is -2.74. The molecule has 0 radical (unpaired) electrons. The third kappa shape index (κ3) is 7.39. The summed E-state index contributed by atoms with van der Waals surface area (Å²) in [6, 6.07) is -0.228. The molecular formula is C39H70ClN7O. The summed E-state index contributed by atoms with van der Waals surface area (Å²) in [5.74, 6) is 0.727. The Morgan fingerprint density at radius 2 is 1.73 bits per heavy atom. The SMILES string of the molecule is CCCC1(CC(Cl)/C=N\C(C)C(C(=N)N)C(=O)NC2(C3CCCC3)CNCCC2N2CCNC2C(CC)CC)CC1(CC)C1CCCC1. The fourth-order valence-electron chi connectivity index (χ4n) is 11.8. The number of rotatable bonds is 17. The lowest BCUT2D eigenvalue weighted by atomic mass is 9.71. The molecule has 0 aromatic rings. The van der Waals surface area contributed by atoms with Crippen molar-refractivity contribution in [3.8, 4) is 0 Å². The number of carbonyl (C=O) groups is 1. The van der Waals surface area contributed by atoms with Gasteiger partial charge in [-0.3, -0.25) is 20.1 Å². The van der Waals surface area contributed by atoms with Gasteiger partial charge in [0.2, 0.25) is 5.91 Å². The van der Waals surface area contributed by atoms with E-state index in [9.17, 15) is 4.79 Å². The minimum atomic E-state index is -0.823. The van der Waals surface area contributed by atoms with Crippen molar-refractivity contribution in [3.63, 3.8) is 0 Å². The molecule has 8 nitrogen and oxygen atoms in total. The molecule has 6 N–H and O–H groups in total. The molecule has 5 rings (SSSR count). The number of alkyl halides is 1. The molecule has 0 aromatic carbocycles. The predicted octanol–water partition coefficient (Wildman–Crippen LogP) is 6.85. The minimum Gasteiger partial charge on any atom is -0.387 e. The molecular weight excluding hydrogens is 618 g/mol. The maximum absolute atomic E-state index is 14.5. The molecule has 274 valence electrons. The fourth-order valence-corrected chi connectivity index (χ4v) is 12.2. The van der Waals surface area contributed by atoms with Crippen LogP contribution in [0, 0.1) is 39.9 Å². The number of piperidine rings is 1. The Labute approximate surface area is 297 Å². The summed E-state index contributed by atoms with van der Waals surface area (Å²) < 4.78 is 0. The van der Waals surface area contributed by atoms with E-state index in [4.69, 9.17) is 27.7 Å². The van der Waals surface area contributed by atoms with Crippen LogP contribution in [0.1, 0.15) is 137 Å². The second kappa shape index (κ2) is 16.4. The zero-order chi connectivity index (χ0) is 34.5. The average Bonchev–Trinajstić information content (AvgIpc) is 3.69. The van der Waals surface area contributed by atoms with E-state index in [0.29, 0.717) is 28.8 Å². The highest BCUT2D eigenvalue weighted by Crippen LogP contribution is 2.76. The molecule has 5 fully saturated rings. The Morgan fingerprint density at radius 1 is 1.06 bits per heavy atom. The van der Waals surface area contributed by atoms with Crippen LogP contribution in [0.25, 0.3) is 0 Å². The summed E-state index contributed by atoms with van der Waals surface area (Å²) in [6.45, 7) is 14.9. The number of hydrogen-bond acceptors (Lipinski definition) is 6. The quantitative estimate of drug-likeness (QED) is 0.0652. The van der Waals surface area contributed by atoms with Crippen molar-refractivity contribution in [1.82, 2.24) is 20.9 Å². The highest BCUT2D eigenvalue weighted by molar-refractivity contribution is 6.28. The summed E-state index contributed by atoms with van der Waals surface area (Å²) >= 11 is 7.10. The monoisotopic (exact) mass is 688 g/mol. The van der Waals surface area contributed by atoms with Crippen LogP contribution in [0.3, 0.4) is 0 Å². The first kappa shape index (κ1) is 38.0. The summed E-state index contributed by atoms with van der Waals surface area (Å²) in [5, 5.41) is 19.6. The van der Waals surface area contributed by atoms with Gasteiger partial charge in [0.1, 0.15) is 11.8 Å². The number of aliphatic imine (C=N–C) groups is 1. The number of amidine groups is 1. The summed E-state index contributed by atoms with van der Waals surface area (Å²) in [7, 11) is 0. The lowest BCUT2D eigenvalue weighted by molar-refractivity contribution is -0.128. The van der Waals surface area contributed by atoms with Crippen LogP contribution in [0.15, 0.2) is 4.99 Å². The third-order valence-electron chi connectivity index (χ3n) is 14.3. The average molecular weight is 688 g/mol. The maximum atomic E-state index is 14.5. The van der Waals surface area contributed by atoms with E-state index in [1.165, 1.54) is 64.2 Å². The van der Waals surface area contributed by atoms with Crippen LogP contribution in [-0.4, -0.2) is 78.2 Å². The Kier molecular flexibility index (Phi) is 13.0. The smallest absolute Gasteiger partial charge is 0.233 e. The van der Waals surface area contributed by atoms with E-state index < -0.39 is 17.5 Å². The first-order chi connectivity index (χ1) is 23.1. The van der Waals surface area contributed by atoms with E-state index in [1.54, 1.807) is 0 Å². The molecule has 2 heterocycles. The molecule has 8 atom stereocenters. The molecule has 0 aromatic heterocycles. The van der Waals surface area contributed by atoms with Gasteiger partial charge in [-0.05, 0) is 99.8 Å². The van der Waals surface area contributed by atoms with Crippen molar-refractivity contribution >= 4 is 29.6 Å².